The van der Waals surface area contributed by atoms with E-state index in [2.05, 4.69) is 10.1 Å². The van der Waals surface area contributed by atoms with Crippen LogP contribution < -0.4 is 5.73 Å². The molecule has 0 aliphatic rings. The van der Waals surface area contributed by atoms with Crippen molar-refractivity contribution in [1.29, 1.82) is 0 Å². The molecule has 0 atom stereocenters. The van der Waals surface area contributed by atoms with Gasteiger partial charge in [-0.05, 0) is 24.3 Å². The van der Waals surface area contributed by atoms with E-state index in [-0.39, 0.29) is 5.82 Å². The molecular formula is C17H11F3N4. The molecule has 120 valence electrons. The summed E-state index contributed by atoms with van der Waals surface area (Å²) in [6.45, 7) is 0. The lowest BCUT2D eigenvalue weighted by Gasteiger charge is -2.08. The second-order valence-corrected chi connectivity index (χ2v) is 5.40. The van der Waals surface area contributed by atoms with Gasteiger partial charge in [-0.1, -0.05) is 24.3 Å². The molecule has 2 N–H and O–H groups in total. The quantitative estimate of drug-likeness (QED) is 0.570. The predicted molar refractivity (Wildman–Crippen MR) is 85.8 cm³/mol. The topological polar surface area (TPSA) is 56.7 Å². The molecule has 2 aromatic heterocycles. The summed E-state index contributed by atoms with van der Waals surface area (Å²) in [5, 5.41) is 5.91. The first kappa shape index (κ1) is 14.5. The maximum absolute atomic E-state index is 12.9. The summed E-state index contributed by atoms with van der Waals surface area (Å²) in [5.74, 6) is 0.245. The van der Waals surface area contributed by atoms with Crippen LogP contribution in [-0.2, 0) is 6.18 Å². The first-order chi connectivity index (χ1) is 11.4. The Morgan fingerprint density at radius 3 is 2.54 bits per heavy atom. The van der Waals surface area contributed by atoms with Crippen molar-refractivity contribution >= 4 is 27.6 Å². The SMILES string of the molecule is Nc1nc2ccccc2c2cn(-c3cccc(C(F)(F)F)c3)nc12. The number of fused-ring (bicyclic) bond motifs is 3. The van der Waals surface area contributed by atoms with Crippen molar-refractivity contribution in [3.63, 3.8) is 0 Å². The summed E-state index contributed by atoms with van der Waals surface area (Å²) in [6.07, 6.45) is -2.74. The molecule has 4 rings (SSSR count). The van der Waals surface area contributed by atoms with Gasteiger partial charge in [-0.3, -0.25) is 0 Å². The second kappa shape index (κ2) is 4.95. The van der Waals surface area contributed by atoms with Crippen molar-refractivity contribution in [2.75, 3.05) is 5.73 Å². The van der Waals surface area contributed by atoms with Crippen LogP contribution in [0.1, 0.15) is 5.56 Å². The lowest BCUT2D eigenvalue weighted by Crippen LogP contribution is -2.06. The second-order valence-electron chi connectivity index (χ2n) is 5.40. The Kier molecular flexibility index (Phi) is 2.99. The fourth-order valence-electron chi connectivity index (χ4n) is 2.70. The molecular weight excluding hydrogens is 317 g/mol. The third kappa shape index (κ3) is 2.25. The van der Waals surface area contributed by atoms with E-state index in [0.29, 0.717) is 16.7 Å². The summed E-state index contributed by atoms with van der Waals surface area (Å²) in [4.78, 5) is 4.29. The number of nitrogens with zero attached hydrogens (tertiary/aromatic N) is 3. The number of nitrogen functional groups attached to an aromatic ring is 1. The van der Waals surface area contributed by atoms with E-state index in [1.165, 1.54) is 10.7 Å². The van der Waals surface area contributed by atoms with Crippen LogP contribution in [0, 0.1) is 0 Å². The van der Waals surface area contributed by atoms with Gasteiger partial charge in [0.05, 0.1) is 16.8 Å². The monoisotopic (exact) mass is 328 g/mol. The minimum atomic E-state index is -4.41. The van der Waals surface area contributed by atoms with Crippen LogP contribution in [0.3, 0.4) is 0 Å². The van der Waals surface area contributed by atoms with Gasteiger partial charge in [0.2, 0.25) is 0 Å². The Hall–Kier alpha value is -3.09. The molecule has 2 heterocycles. The largest absolute Gasteiger partial charge is 0.416 e. The summed E-state index contributed by atoms with van der Waals surface area (Å²) >= 11 is 0. The summed E-state index contributed by atoms with van der Waals surface area (Å²) in [5.41, 5.74) is 6.71. The molecule has 4 aromatic rings. The van der Waals surface area contributed by atoms with Crippen molar-refractivity contribution in [2.45, 2.75) is 6.18 Å². The van der Waals surface area contributed by atoms with Gasteiger partial charge in [-0.2, -0.15) is 18.3 Å². The molecule has 0 aliphatic heterocycles. The Labute approximate surface area is 134 Å². The molecule has 7 heteroatoms. The molecule has 0 fully saturated rings. The highest BCUT2D eigenvalue weighted by Gasteiger charge is 2.30. The van der Waals surface area contributed by atoms with Gasteiger partial charge >= 0.3 is 6.18 Å². The van der Waals surface area contributed by atoms with Gasteiger partial charge in [0.1, 0.15) is 5.52 Å². The van der Waals surface area contributed by atoms with E-state index < -0.39 is 11.7 Å². The van der Waals surface area contributed by atoms with Crippen molar-refractivity contribution in [3.8, 4) is 5.69 Å². The van der Waals surface area contributed by atoms with E-state index in [0.717, 1.165) is 22.9 Å². The molecule has 0 aliphatic carbocycles. The minimum absolute atomic E-state index is 0.245. The number of pyridine rings is 1. The number of alkyl halides is 3. The highest BCUT2D eigenvalue weighted by Crippen LogP contribution is 2.31. The smallest absolute Gasteiger partial charge is 0.382 e. The number of hydrogen-bond acceptors (Lipinski definition) is 3. The van der Waals surface area contributed by atoms with E-state index in [1.807, 2.05) is 24.3 Å². The lowest BCUT2D eigenvalue weighted by atomic mass is 10.1. The molecule has 0 spiro atoms. The Morgan fingerprint density at radius 1 is 0.958 bits per heavy atom. The number of anilines is 1. The standard InChI is InChI=1S/C17H11F3N4/c18-17(19,20)10-4-3-5-11(8-10)24-9-13-12-6-1-2-7-14(12)22-16(21)15(13)23-24/h1-9H,(H2,21,22). The predicted octanol–water partition coefficient (Wildman–Crippen LogP) is 4.17. The van der Waals surface area contributed by atoms with Gasteiger partial charge in [-0.15, -0.1) is 0 Å². The molecule has 4 nitrogen and oxygen atoms in total. The highest BCUT2D eigenvalue weighted by atomic mass is 19.4. The lowest BCUT2D eigenvalue weighted by molar-refractivity contribution is -0.137. The van der Waals surface area contributed by atoms with Gasteiger partial charge in [0.15, 0.2) is 5.82 Å². The Balaban J connectivity index is 1.96. The maximum atomic E-state index is 12.9. The normalized spacial score (nSPS) is 12.1. The third-order valence-corrected chi connectivity index (χ3v) is 3.83. The van der Waals surface area contributed by atoms with E-state index >= 15 is 0 Å². The molecule has 0 amide bonds. The van der Waals surface area contributed by atoms with Crippen LogP contribution in [0.2, 0.25) is 0 Å². The first-order valence-electron chi connectivity index (χ1n) is 7.15. The van der Waals surface area contributed by atoms with Crippen LogP contribution in [0.4, 0.5) is 19.0 Å². The zero-order valence-corrected chi connectivity index (χ0v) is 12.2. The Bertz CT molecular complexity index is 1070. The number of aromatic nitrogens is 3. The van der Waals surface area contributed by atoms with Gasteiger partial charge in [0, 0.05) is 17.0 Å². The third-order valence-electron chi connectivity index (χ3n) is 3.83. The van der Waals surface area contributed by atoms with Crippen LogP contribution in [0.5, 0.6) is 0 Å². The van der Waals surface area contributed by atoms with Crippen LogP contribution in [-0.4, -0.2) is 14.8 Å². The zero-order valence-electron chi connectivity index (χ0n) is 12.2. The first-order valence-corrected chi connectivity index (χ1v) is 7.15. The highest BCUT2D eigenvalue weighted by molar-refractivity contribution is 6.07. The van der Waals surface area contributed by atoms with Gasteiger partial charge in [-0.25, -0.2) is 9.67 Å². The number of halogens is 3. The van der Waals surface area contributed by atoms with E-state index in [9.17, 15) is 13.2 Å². The molecule has 0 bridgehead atoms. The summed E-state index contributed by atoms with van der Waals surface area (Å²) in [7, 11) is 0. The van der Waals surface area contributed by atoms with Crippen LogP contribution in [0.25, 0.3) is 27.5 Å². The van der Waals surface area contributed by atoms with Gasteiger partial charge in [0.25, 0.3) is 0 Å². The van der Waals surface area contributed by atoms with E-state index in [4.69, 9.17) is 5.73 Å². The van der Waals surface area contributed by atoms with Crippen molar-refractivity contribution < 1.29 is 13.2 Å². The number of para-hydroxylation sites is 1. The van der Waals surface area contributed by atoms with Gasteiger partial charge < -0.3 is 5.73 Å². The number of nitrogens with two attached hydrogens (primary N) is 1. The zero-order chi connectivity index (χ0) is 16.9. The fraction of sp³-hybridized carbons (Fsp3) is 0.0588. The number of benzene rings is 2. The molecule has 0 saturated heterocycles. The molecule has 0 unspecified atom stereocenters. The van der Waals surface area contributed by atoms with Crippen molar-refractivity contribution in [1.82, 2.24) is 14.8 Å². The summed E-state index contributed by atoms with van der Waals surface area (Å²) < 4.78 is 40.1. The van der Waals surface area contributed by atoms with Crippen molar-refractivity contribution in [2.24, 2.45) is 0 Å². The molecule has 24 heavy (non-hydrogen) atoms. The van der Waals surface area contributed by atoms with Crippen LogP contribution in [0.15, 0.2) is 54.7 Å². The molecule has 0 radical (unpaired) electrons. The van der Waals surface area contributed by atoms with Crippen LogP contribution >= 0.6 is 0 Å². The average Bonchev–Trinajstić information content (AvgIpc) is 3.01. The number of rotatable bonds is 1. The minimum Gasteiger partial charge on any atom is -0.382 e. The molecule has 2 aromatic carbocycles. The molecule has 0 saturated carbocycles. The maximum Gasteiger partial charge on any atom is 0.416 e. The average molecular weight is 328 g/mol. The number of hydrogen-bond donors (Lipinski definition) is 1. The van der Waals surface area contributed by atoms with E-state index in [1.54, 1.807) is 12.3 Å². The fourth-order valence-corrected chi connectivity index (χ4v) is 2.70. The Morgan fingerprint density at radius 2 is 1.75 bits per heavy atom. The van der Waals surface area contributed by atoms with Crippen molar-refractivity contribution in [3.05, 3.63) is 60.3 Å². The summed E-state index contributed by atoms with van der Waals surface area (Å²) in [6, 6.07) is 12.4.